The molecule has 0 saturated carbocycles. The lowest BCUT2D eigenvalue weighted by Crippen LogP contribution is -2.25. The fourth-order valence-corrected chi connectivity index (χ4v) is 3.87. The zero-order valence-electron chi connectivity index (χ0n) is 17.8. The summed E-state index contributed by atoms with van der Waals surface area (Å²) in [6.45, 7) is 1.89. The maximum atomic E-state index is 13.4. The Bertz CT molecular complexity index is 1340. The van der Waals surface area contributed by atoms with E-state index in [1.807, 2.05) is 31.2 Å². The van der Waals surface area contributed by atoms with Gasteiger partial charge in [-0.2, -0.15) is 0 Å². The van der Waals surface area contributed by atoms with Crippen molar-refractivity contribution in [3.8, 4) is 22.6 Å². The minimum Gasteiger partial charge on any atom is -0.495 e. The Morgan fingerprint density at radius 3 is 2.41 bits per heavy atom. The maximum Gasteiger partial charge on any atom is 0.298 e. The van der Waals surface area contributed by atoms with E-state index in [2.05, 4.69) is 5.32 Å². The topological polar surface area (TPSA) is 69.0 Å². The summed E-state index contributed by atoms with van der Waals surface area (Å²) in [5.74, 6) is -0.449. The molecular weight excluding hydrogens is 428 g/mol. The summed E-state index contributed by atoms with van der Waals surface area (Å²) in [6, 6.07) is 18.0. The van der Waals surface area contributed by atoms with Gasteiger partial charge in [0.1, 0.15) is 17.2 Å². The number of aryl methyl sites for hydroxylation is 1. The van der Waals surface area contributed by atoms with Gasteiger partial charge in [-0.1, -0.05) is 29.8 Å². The number of hydrogen-bond acceptors (Lipinski definition) is 4. The Balaban J connectivity index is 1.79. The van der Waals surface area contributed by atoms with Gasteiger partial charge in [-0.05, 0) is 60.5 Å². The Kier molecular flexibility index (Phi) is 5.88. The number of aromatic nitrogens is 1. The molecule has 0 aliphatic heterocycles. The van der Waals surface area contributed by atoms with E-state index in [0.717, 1.165) is 11.1 Å². The minimum absolute atomic E-state index is 0.242. The van der Waals surface area contributed by atoms with E-state index in [9.17, 15) is 9.59 Å². The highest BCUT2D eigenvalue weighted by molar-refractivity contribution is 6.47. The second-order valence-electron chi connectivity index (χ2n) is 7.24. The molecular formula is C25H21ClN2O4. The zero-order valence-corrected chi connectivity index (χ0v) is 18.6. The van der Waals surface area contributed by atoms with E-state index in [1.165, 1.54) is 14.2 Å². The molecule has 0 aliphatic carbocycles. The summed E-state index contributed by atoms with van der Waals surface area (Å²) >= 11 is 6.32. The second kappa shape index (κ2) is 8.77. The van der Waals surface area contributed by atoms with E-state index in [1.54, 1.807) is 47.0 Å². The lowest BCUT2D eigenvalue weighted by atomic mass is 10.0. The first-order valence-electron chi connectivity index (χ1n) is 9.87. The molecule has 0 fully saturated rings. The molecule has 7 heteroatoms. The molecule has 1 N–H and O–H groups in total. The highest BCUT2D eigenvalue weighted by Crippen LogP contribution is 2.34. The van der Waals surface area contributed by atoms with Crippen molar-refractivity contribution >= 4 is 34.5 Å². The number of ketones is 1. The lowest BCUT2D eigenvalue weighted by Gasteiger charge is -2.12. The second-order valence-corrected chi connectivity index (χ2v) is 7.65. The summed E-state index contributed by atoms with van der Waals surface area (Å²) in [7, 11) is 3.04. The molecule has 2 aromatic heterocycles. The number of anilines is 1. The Hall–Kier alpha value is -3.77. The first kappa shape index (κ1) is 21.5. The quantitative estimate of drug-likeness (QED) is 0.316. The van der Waals surface area contributed by atoms with Gasteiger partial charge in [0.05, 0.1) is 24.9 Å². The van der Waals surface area contributed by atoms with Gasteiger partial charge in [-0.3, -0.25) is 9.59 Å². The number of amides is 1. The predicted octanol–water partition coefficient (Wildman–Crippen LogP) is 5.41. The number of nitrogens with one attached hydrogen (secondary N) is 1. The lowest BCUT2D eigenvalue weighted by molar-refractivity contribution is -0.112. The molecule has 0 unspecified atom stereocenters. The summed E-state index contributed by atoms with van der Waals surface area (Å²) in [6.07, 6.45) is 1.75. The number of hydrogen-bond donors (Lipinski definition) is 1. The highest BCUT2D eigenvalue weighted by Gasteiger charge is 2.26. The Morgan fingerprint density at radius 1 is 0.938 bits per heavy atom. The van der Waals surface area contributed by atoms with E-state index in [4.69, 9.17) is 21.1 Å². The molecule has 4 rings (SSSR count). The molecule has 0 bridgehead atoms. The summed E-state index contributed by atoms with van der Waals surface area (Å²) in [4.78, 5) is 26.4. The molecule has 0 aliphatic rings. The van der Waals surface area contributed by atoms with Crippen LogP contribution in [0.5, 0.6) is 11.5 Å². The molecule has 2 heterocycles. The minimum atomic E-state index is -0.765. The van der Waals surface area contributed by atoms with Gasteiger partial charge in [-0.15, -0.1) is 0 Å². The third kappa shape index (κ3) is 3.92. The third-order valence-electron chi connectivity index (χ3n) is 5.17. The SMILES string of the molecule is COc1ccc(-c2cc3ccccn3c2C(=O)C(=O)Nc2cc(C)ccc2OC)cc1Cl. The van der Waals surface area contributed by atoms with Crippen molar-refractivity contribution in [3.05, 3.63) is 83.1 Å². The molecule has 0 radical (unpaired) electrons. The fourth-order valence-electron chi connectivity index (χ4n) is 3.62. The average molecular weight is 449 g/mol. The number of nitrogens with zero attached hydrogens (tertiary/aromatic N) is 1. The molecule has 2 aromatic carbocycles. The van der Waals surface area contributed by atoms with Crippen LogP contribution in [0.25, 0.3) is 16.6 Å². The highest BCUT2D eigenvalue weighted by atomic mass is 35.5. The number of rotatable bonds is 6. The molecule has 0 saturated heterocycles. The van der Waals surface area contributed by atoms with Crippen molar-refractivity contribution < 1.29 is 19.1 Å². The largest absolute Gasteiger partial charge is 0.495 e. The molecule has 6 nitrogen and oxygen atoms in total. The van der Waals surface area contributed by atoms with Crippen LogP contribution in [0.2, 0.25) is 5.02 Å². The molecule has 1 amide bonds. The van der Waals surface area contributed by atoms with Crippen LogP contribution < -0.4 is 14.8 Å². The van der Waals surface area contributed by atoms with Gasteiger partial charge in [0, 0.05) is 17.3 Å². The van der Waals surface area contributed by atoms with Gasteiger partial charge in [-0.25, -0.2) is 0 Å². The van der Waals surface area contributed by atoms with Crippen LogP contribution >= 0.6 is 11.6 Å². The zero-order chi connectivity index (χ0) is 22.8. The first-order chi connectivity index (χ1) is 15.4. The van der Waals surface area contributed by atoms with Crippen LogP contribution in [-0.4, -0.2) is 30.3 Å². The van der Waals surface area contributed by atoms with Crippen LogP contribution in [0.1, 0.15) is 16.1 Å². The van der Waals surface area contributed by atoms with Crippen molar-refractivity contribution in [3.63, 3.8) is 0 Å². The number of benzene rings is 2. The van der Waals surface area contributed by atoms with Crippen LogP contribution in [0.15, 0.2) is 66.9 Å². The number of halogens is 1. The molecule has 162 valence electrons. The fraction of sp³-hybridized carbons (Fsp3) is 0.120. The number of fused-ring (bicyclic) bond motifs is 1. The van der Waals surface area contributed by atoms with Crippen molar-refractivity contribution in [2.75, 3.05) is 19.5 Å². The van der Waals surface area contributed by atoms with Crippen molar-refractivity contribution in [2.45, 2.75) is 6.92 Å². The molecule has 0 spiro atoms. The van der Waals surface area contributed by atoms with Crippen molar-refractivity contribution in [2.24, 2.45) is 0 Å². The van der Waals surface area contributed by atoms with E-state index in [-0.39, 0.29) is 5.69 Å². The van der Waals surface area contributed by atoms with Crippen LogP contribution in [0.3, 0.4) is 0 Å². The van der Waals surface area contributed by atoms with Gasteiger partial charge in [0.15, 0.2) is 0 Å². The average Bonchev–Trinajstić information content (AvgIpc) is 3.18. The van der Waals surface area contributed by atoms with E-state index in [0.29, 0.717) is 33.3 Å². The molecule has 0 atom stereocenters. The van der Waals surface area contributed by atoms with Crippen LogP contribution in [-0.2, 0) is 4.79 Å². The summed E-state index contributed by atoms with van der Waals surface area (Å²) < 4.78 is 12.2. The summed E-state index contributed by atoms with van der Waals surface area (Å²) in [5, 5.41) is 3.10. The third-order valence-corrected chi connectivity index (χ3v) is 5.46. The number of Topliss-reactive ketones (excluding diaryl/α,β-unsaturated/α-hetero) is 1. The number of pyridine rings is 1. The molecule has 4 aromatic rings. The number of carbonyl (C=O) groups is 2. The summed E-state index contributed by atoms with van der Waals surface area (Å²) in [5.41, 5.74) is 3.67. The maximum absolute atomic E-state index is 13.4. The van der Waals surface area contributed by atoms with Gasteiger partial charge in [0.25, 0.3) is 11.7 Å². The van der Waals surface area contributed by atoms with Crippen molar-refractivity contribution in [1.82, 2.24) is 4.40 Å². The smallest absolute Gasteiger partial charge is 0.298 e. The molecule has 32 heavy (non-hydrogen) atoms. The van der Waals surface area contributed by atoms with Crippen LogP contribution in [0, 0.1) is 6.92 Å². The van der Waals surface area contributed by atoms with E-state index < -0.39 is 11.7 Å². The number of carbonyl (C=O) groups excluding carboxylic acids is 2. The number of ether oxygens (including phenoxy) is 2. The predicted molar refractivity (Wildman–Crippen MR) is 125 cm³/mol. The number of methoxy groups -OCH3 is 2. The van der Waals surface area contributed by atoms with Gasteiger partial charge >= 0.3 is 0 Å². The Labute approximate surface area is 190 Å². The Morgan fingerprint density at radius 2 is 1.69 bits per heavy atom. The van der Waals surface area contributed by atoms with Gasteiger partial charge < -0.3 is 19.2 Å². The standard InChI is InChI=1S/C25H21ClN2O4/c1-15-7-9-22(32-3)20(12-15)27-25(30)24(29)23-18(14-17-6-4-5-11-28(17)23)16-8-10-21(31-2)19(26)13-16/h4-14H,1-3H3,(H,27,30). The first-order valence-corrected chi connectivity index (χ1v) is 10.2. The van der Waals surface area contributed by atoms with Crippen LogP contribution in [0.4, 0.5) is 5.69 Å². The van der Waals surface area contributed by atoms with Gasteiger partial charge in [0.2, 0.25) is 0 Å². The normalized spacial score (nSPS) is 10.8. The van der Waals surface area contributed by atoms with E-state index >= 15 is 0 Å². The monoisotopic (exact) mass is 448 g/mol. The van der Waals surface area contributed by atoms with Crippen molar-refractivity contribution in [1.29, 1.82) is 0 Å².